The molecule has 0 saturated carbocycles. The maximum absolute atomic E-state index is 4.95. The minimum Gasteiger partial charge on any atom is -0.208 e. The van der Waals surface area contributed by atoms with Crippen LogP contribution in [0.1, 0.15) is 41.7 Å². The molecule has 3 heteroatoms. The van der Waals surface area contributed by atoms with Crippen molar-refractivity contribution in [3.8, 4) is 45.3 Å². The summed E-state index contributed by atoms with van der Waals surface area (Å²) in [4.78, 5) is 14.8. The Morgan fingerprint density at radius 3 is 1.45 bits per heavy atom. The summed E-state index contributed by atoms with van der Waals surface area (Å²) in [5.41, 5.74) is 16.8. The average molecular weight is 718 g/mol. The molecule has 56 heavy (non-hydrogen) atoms. The molecule has 1 spiro atoms. The van der Waals surface area contributed by atoms with E-state index in [9.17, 15) is 0 Å². The maximum Gasteiger partial charge on any atom is 0.164 e. The Balaban J connectivity index is 1.07. The van der Waals surface area contributed by atoms with Gasteiger partial charge in [-0.15, -0.1) is 0 Å². The summed E-state index contributed by atoms with van der Waals surface area (Å²) in [7, 11) is 0. The van der Waals surface area contributed by atoms with Crippen LogP contribution in [0.25, 0.3) is 56.4 Å². The average Bonchev–Trinajstić information content (AvgIpc) is 3.73. The van der Waals surface area contributed by atoms with Crippen molar-refractivity contribution in [3.05, 3.63) is 233 Å². The highest BCUT2D eigenvalue weighted by atomic mass is 15.0. The van der Waals surface area contributed by atoms with Crippen LogP contribution in [-0.2, 0) is 5.41 Å². The highest BCUT2D eigenvalue weighted by Gasteiger charge is 2.54. The van der Waals surface area contributed by atoms with E-state index in [0.29, 0.717) is 17.5 Å². The molecule has 1 aromatic heterocycles. The van der Waals surface area contributed by atoms with Crippen molar-refractivity contribution in [1.82, 2.24) is 15.0 Å². The monoisotopic (exact) mass is 717 g/mol. The lowest BCUT2D eigenvalue weighted by atomic mass is 9.67. The van der Waals surface area contributed by atoms with Crippen molar-refractivity contribution in [2.24, 2.45) is 5.92 Å². The SMILES string of the molecule is C\C=C/C=C1\C(=C2/C=CC(c3ccc(-c4nc(-c5ccccc5)nc(-c5ccccc5)n4)cc3)=CC2C)C2(c3ccccc31)c1ccccc1-c1ccccc12. The molecule has 0 radical (unpaired) electrons. The summed E-state index contributed by atoms with van der Waals surface area (Å²) < 4.78 is 0. The largest absolute Gasteiger partial charge is 0.208 e. The zero-order chi connectivity index (χ0) is 37.6. The van der Waals surface area contributed by atoms with Crippen molar-refractivity contribution < 1.29 is 0 Å². The summed E-state index contributed by atoms with van der Waals surface area (Å²) in [6.07, 6.45) is 13.8. The Morgan fingerprint density at radius 2 is 0.929 bits per heavy atom. The molecule has 1 heterocycles. The van der Waals surface area contributed by atoms with Crippen LogP contribution in [0.5, 0.6) is 0 Å². The number of benzene rings is 6. The van der Waals surface area contributed by atoms with E-state index in [-0.39, 0.29) is 5.92 Å². The molecule has 0 saturated heterocycles. The van der Waals surface area contributed by atoms with E-state index >= 15 is 0 Å². The van der Waals surface area contributed by atoms with Gasteiger partial charge in [-0.2, -0.15) is 0 Å². The topological polar surface area (TPSA) is 38.7 Å². The molecule has 6 aromatic carbocycles. The summed E-state index contributed by atoms with van der Waals surface area (Å²) in [6, 6.07) is 56.0. The van der Waals surface area contributed by atoms with Crippen LogP contribution in [0.15, 0.2) is 205 Å². The summed E-state index contributed by atoms with van der Waals surface area (Å²) in [5.74, 6) is 2.14. The fraction of sp³-hybridized carbons (Fsp3) is 0.0755. The van der Waals surface area contributed by atoms with E-state index in [1.807, 2.05) is 60.7 Å². The standard InChI is InChI=1S/C53H39N3/c1-3-4-21-45-44-24-13-16-27-48(44)53(46-25-14-11-22-42(46)43-23-12-15-26-47(43)53)49(45)41-33-32-40(34-35(41)2)36-28-30-39(31-29-36)52-55-50(37-17-7-5-8-18-37)54-51(56-52)38-19-9-6-10-20-38/h3-35H,1-2H3/b4-3-,45-21-,49-41-. The van der Waals surface area contributed by atoms with E-state index in [0.717, 1.165) is 22.3 Å². The quantitative estimate of drug-likeness (QED) is 0.178. The second-order valence-electron chi connectivity index (χ2n) is 14.7. The Kier molecular flexibility index (Phi) is 8.22. The molecule has 0 fully saturated rings. The minimum absolute atomic E-state index is 0.162. The Hall–Kier alpha value is -6.97. The lowest BCUT2D eigenvalue weighted by molar-refractivity contribution is 0.758. The Morgan fingerprint density at radius 1 is 0.482 bits per heavy atom. The molecule has 7 aromatic rings. The van der Waals surface area contributed by atoms with E-state index in [1.54, 1.807) is 0 Å². The van der Waals surface area contributed by atoms with Gasteiger partial charge in [-0.25, -0.2) is 15.0 Å². The van der Waals surface area contributed by atoms with E-state index in [4.69, 9.17) is 15.0 Å². The number of fused-ring (bicyclic) bond motifs is 7. The van der Waals surface area contributed by atoms with Crippen LogP contribution in [0, 0.1) is 5.92 Å². The normalized spacial score (nSPS) is 18.3. The predicted molar refractivity (Wildman–Crippen MR) is 230 cm³/mol. The first-order valence-electron chi connectivity index (χ1n) is 19.4. The number of allylic oxidation sites excluding steroid dienone is 10. The van der Waals surface area contributed by atoms with Gasteiger partial charge in [0.2, 0.25) is 0 Å². The smallest absolute Gasteiger partial charge is 0.164 e. The Bertz CT molecular complexity index is 2700. The number of hydrogen-bond donors (Lipinski definition) is 0. The van der Waals surface area contributed by atoms with Crippen LogP contribution >= 0.6 is 0 Å². The molecule has 3 aliphatic rings. The molecule has 10 rings (SSSR count). The first-order valence-corrected chi connectivity index (χ1v) is 19.4. The van der Waals surface area contributed by atoms with Gasteiger partial charge in [0.15, 0.2) is 17.5 Å². The van der Waals surface area contributed by atoms with Crippen molar-refractivity contribution >= 4 is 11.1 Å². The first-order chi connectivity index (χ1) is 27.6. The summed E-state index contributed by atoms with van der Waals surface area (Å²) in [6.45, 7) is 4.44. The van der Waals surface area contributed by atoms with Crippen molar-refractivity contribution in [2.75, 3.05) is 0 Å². The lowest BCUT2D eigenvalue weighted by Crippen LogP contribution is -2.28. The molecular weight excluding hydrogens is 679 g/mol. The lowest BCUT2D eigenvalue weighted by Gasteiger charge is -2.34. The fourth-order valence-electron chi connectivity index (χ4n) is 9.05. The van der Waals surface area contributed by atoms with Crippen LogP contribution in [0.4, 0.5) is 0 Å². The highest BCUT2D eigenvalue weighted by molar-refractivity contribution is 6.01. The van der Waals surface area contributed by atoms with Gasteiger partial charge in [-0.1, -0.05) is 201 Å². The third kappa shape index (κ3) is 5.31. The minimum atomic E-state index is -0.417. The van der Waals surface area contributed by atoms with Gasteiger partial charge in [-0.05, 0) is 68.2 Å². The molecule has 0 aliphatic heterocycles. The highest BCUT2D eigenvalue weighted by Crippen LogP contribution is 2.65. The van der Waals surface area contributed by atoms with Gasteiger partial charge >= 0.3 is 0 Å². The summed E-state index contributed by atoms with van der Waals surface area (Å²) >= 11 is 0. The van der Waals surface area contributed by atoms with E-state index < -0.39 is 5.41 Å². The number of nitrogens with zero attached hydrogens (tertiary/aromatic N) is 3. The molecule has 0 N–H and O–H groups in total. The number of hydrogen-bond acceptors (Lipinski definition) is 3. The summed E-state index contributed by atoms with van der Waals surface area (Å²) in [5, 5.41) is 0. The Labute approximate surface area is 328 Å². The van der Waals surface area contributed by atoms with Gasteiger partial charge in [0, 0.05) is 22.6 Å². The van der Waals surface area contributed by atoms with Gasteiger partial charge in [0.1, 0.15) is 0 Å². The third-order valence-corrected chi connectivity index (χ3v) is 11.5. The molecule has 3 nitrogen and oxygen atoms in total. The van der Waals surface area contributed by atoms with Crippen molar-refractivity contribution in [1.29, 1.82) is 0 Å². The van der Waals surface area contributed by atoms with Crippen molar-refractivity contribution in [3.63, 3.8) is 0 Å². The van der Waals surface area contributed by atoms with Gasteiger partial charge in [-0.3, -0.25) is 0 Å². The fourth-order valence-corrected chi connectivity index (χ4v) is 9.05. The van der Waals surface area contributed by atoms with Crippen LogP contribution in [0.3, 0.4) is 0 Å². The van der Waals surface area contributed by atoms with Gasteiger partial charge < -0.3 is 0 Å². The van der Waals surface area contributed by atoms with E-state index in [1.165, 1.54) is 55.7 Å². The molecule has 266 valence electrons. The van der Waals surface area contributed by atoms with Crippen LogP contribution < -0.4 is 0 Å². The van der Waals surface area contributed by atoms with Crippen LogP contribution in [-0.4, -0.2) is 15.0 Å². The van der Waals surface area contributed by atoms with Gasteiger partial charge in [0.05, 0.1) is 5.41 Å². The molecule has 0 bridgehead atoms. The molecule has 1 atom stereocenters. The molecule has 3 aliphatic carbocycles. The van der Waals surface area contributed by atoms with Crippen LogP contribution in [0.2, 0.25) is 0 Å². The second kappa shape index (κ2) is 13.7. The van der Waals surface area contributed by atoms with E-state index in [2.05, 4.69) is 147 Å². The van der Waals surface area contributed by atoms with Crippen molar-refractivity contribution in [2.45, 2.75) is 19.3 Å². The zero-order valence-electron chi connectivity index (χ0n) is 31.4. The van der Waals surface area contributed by atoms with Gasteiger partial charge in [0.25, 0.3) is 0 Å². The maximum atomic E-state index is 4.95. The first kappa shape index (κ1) is 33.6. The zero-order valence-corrected chi connectivity index (χ0v) is 31.4. The predicted octanol–water partition coefficient (Wildman–Crippen LogP) is 12.7. The second-order valence-corrected chi connectivity index (χ2v) is 14.7. The number of aromatic nitrogens is 3. The molecule has 1 unspecified atom stereocenters. The molecule has 0 amide bonds. The molecular formula is C53H39N3. The third-order valence-electron chi connectivity index (χ3n) is 11.5. The number of rotatable bonds is 5.